The largest absolute Gasteiger partial charge is 0.466 e. The number of hydrogen-bond acceptors (Lipinski definition) is 10. The van der Waals surface area contributed by atoms with Crippen molar-refractivity contribution in [2.45, 2.75) is 52.6 Å². The van der Waals surface area contributed by atoms with E-state index in [2.05, 4.69) is 15.3 Å². The van der Waals surface area contributed by atoms with Crippen LogP contribution in [-0.4, -0.2) is 64.1 Å². The van der Waals surface area contributed by atoms with Gasteiger partial charge in [-0.3, -0.25) is 19.3 Å². The molecular weight excluding hydrogens is 612 g/mol. The number of aliphatic imine (C=N–C) groups is 1. The van der Waals surface area contributed by atoms with Crippen LogP contribution >= 0.6 is 0 Å². The smallest absolute Gasteiger partial charge is 0.324 e. The highest BCUT2D eigenvalue weighted by Crippen LogP contribution is 2.21. The summed E-state index contributed by atoms with van der Waals surface area (Å²) < 4.78 is 12.3. The third kappa shape index (κ3) is 9.16. The van der Waals surface area contributed by atoms with Crippen molar-refractivity contribution < 1.29 is 23.9 Å². The quantitative estimate of drug-likeness (QED) is 0.0901. The number of aromatic nitrogens is 3. The highest BCUT2D eigenvalue weighted by atomic mass is 16.5. The van der Waals surface area contributed by atoms with Gasteiger partial charge in [0.05, 0.1) is 30.6 Å². The van der Waals surface area contributed by atoms with Gasteiger partial charge < -0.3 is 30.8 Å². The molecule has 0 bridgehead atoms. The van der Waals surface area contributed by atoms with Crippen LogP contribution in [0.4, 0.5) is 11.5 Å². The second-order valence-corrected chi connectivity index (χ2v) is 11.4. The molecule has 0 radical (unpaired) electrons. The molecule has 0 aliphatic carbocycles. The summed E-state index contributed by atoms with van der Waals surface area (Å²) in [7, 11) is 1.92. The minimum Gasteiger partial charge on any atom is -0.466 e. The fourth-order valence-corrected chi connectivity index (χ4v) is 4.80. The molecule has 2 heterocycles. The van der Waals surface area contributed by atoms with E-state index in [0.29, 0.717) is 35.6 Å². The number of imidazole rings is 1. The first-order valence-corrected chi connectivity index (χ1v) is 16.0. The number of carbonyl (C=O) groups is 3. The molecule has 0 saturated carbocycles. The molecule has 5 N–H and O–H groups in total. The summed E-state index contributed by atoms with van der Waals surface area (Å²) in [6.45, 7) is 6.47. The lowest BCUT2D eigenvalue weighted by Gasteiger charge is -2.21. The van der Waals surface area contributed by atoms with Gasteiger partial charge in [0.1, 0.15) is 23.5 Å². The summed E-state index contributed by atoms with van der Waals surface area (Å²) in [5.74, 6) is 0.301. The predicted molar refractivity (Wildman–Crippen MR) is 185 cm³/mol. The van der Waals surface area contributed by atoms with E-state index in [0.717, 1.165) is 29.9 Å². The van der Waals surface area contributed by atoms with E-state index in [1.807, 2.05) is 62.7 Å². The highest BCUT2D eigenvalue weighted by molar-refractivity contribution is 6.07. The second kappa shape index (κ2) is 17.0. The van der Waals surface area contributed by atoms with Crippen molar-refractivity contribution in [3.8, 4) is 0 Å². The molecule has 4 aromatic rings. The van der Waals surface area contributed by atoms with Gasteiger partial charge in [0.15, 0.2) is 6.73 Å². The zero-order valence-electron chi connectivity index (χ0n) is 27.9. The Balaban J connectivity index is 1.40. The number of pyridine rings is 1. The van der Waals surface area contributed by atoms with Crippen LogP contribution in [0.2, 0.25) is 0 Å². The number of benzene rings is 2. The maximum absolute atomic E-state index is 13.7. The van der Waals surface area contributed by atoms with E-state index in [9.17, 15) is 14.4 Å². The number of nitrogens with zero attached hydrogens (tertiary/aromatic N) is 5. The van der Waals surface area contributed by atoms with E-state index in [4.69, 9.17) is 25.9 Å². The van der Waals surface area contributed by atoms with Gasteiger partial charge in [0.2, 0.25) is 0 Å². The van der Waals surface area contributed by atoms with Crippen LogP contribution in [0.15, 0.2) is 71.9 Å². The van der Waals surface area contributed by atoms with Gasteiger partial charge in [0.25, 0.3) is 5.91 Å². The zero-order valence-corrected chi connectivity index (χ0v) is 27.9. The third-order valence-corrected chi connectivity index (χ3v) is 8.00. The van der Waals surface area contributed by atoms with Crippen molar-refractivity contribution in [3.63, 3.8) is 0 Å². The van der Waals surface area contributed by atoms with Crippen molar-refractivity contribution in [2.75, 3.05) is 30.1 Å². The normalized spacial score (nSPS) is 12.7. The van der Waals surface area contributed by atoms with Gasteiger partial charge >= 0.3 is 11.9 Å². The Bertz CT molecular complexity index is 1720. The average Bonchev–Trinajstić information content (AvgIpc) is 3.43. The average molecular weight is 657 g/mol. The molecular formula is C35H44N8O5. The van der Waals surface area contributed by atoms with E-state index >= 15 is 0 Å². The van der Waals surface area contributed by atoms with Crippen molar-refractivity contribution in [2.24, 2.45) is 29.4 Å². The lowest BCUT2D eigenvalue weighted by atomic mass is 10.0. The molecule has 0 saturated heterocycles. The van der Waals surface area contributed by atoms with Crippen LogP contribution in [0.3, 0.4) is 0 Å². The van der Waals surface area contributed by atoms with Crippen LogP contribution in [0, 0.1) is 5.92 Å². The molecule has 0 fully saturated rings. The number of carbonyl (C=O) groups excluding carboxylic acids is 3. The molecule has 2 unspecified atom stereocenters. The van der Waals surface area contributed by atoms with E-state index in [1.165, 1.54) is 4.90 Å². The number of aryl methyl sites for hydroxylation is 1. The van der Waals surface area contributed by atoms with Gasteiger partial charge in [-0.05, 0) is 66.9 Å². The van der Waals surface area contributed by atoms with Crippen LogP contribution in [0.25, 0.3) is 11.0 Å². The summed E-state index contributed by atoms with van der Waals surface area (Å²) in [6.07, 6.45) is 3.15. The first-order valence-electron chi connectivity index (χ1n) is 16.0. The number of amidine groups is 1. The zero-order chi connectivity index (χ0) is 34.6. The third-order valence-electron chi connectivity index (χ3n) is 8.00. The van der Waals surface area contributed by atoms with Crippen LogP contribution in [0.1, 0.15) is 61.8 Å². The van der Waals surface area contributed by atoms with Crippen molar-refractivity contribution in [1.29, 1.82) is 0 Å². The molecule has 2 aromatic heterocycles. The molecule has 48 heavy (non-hydrogen) atoms. The molecule has 0 aliphatic rings. The summed E-state index contributed by atoms with van der Waals surface area (Å²) in [5.41, 5.74) is 15.5. The van der Waals surface area contributed by atoms with Gasteiger partial charge in [-0.2, -0.15) is 0 Å². The monoisotopic (exact) mass is 656 g/mol. The molecule has 0 spiro atoms. The summed E-state index contributed by atoms with van der Waals surface area (Å²) in [5, 5.41) is 3.36. The Hall–Kier alpha value is -5.30. The van der Waals surface area contributed by atoms with Crippen LogP contribution in [0.5, 0.6) is 0 Å². The van der Waals surface area contributed by atoms with Crippen molar-refractivity contribution in [1.82, 2.24) is 14.5 Å². The molecule has 13 heteroatoms. The summed E-state index contributed by atoms with van der Waals surface area (Å²) in [6, 6.07) is 17.3. The number of esters is 2. The van der Waals surface area contributed by atoms with Gasteiger partial charge in [-0.1, -0.05) is 33.3 Å². The minimum absolute atomic E-state index is 0.0124. The number of nitrogens with two attached hydrogens (primary N) is 2. The number of anilines is 2. The molecule has 4 rings (SSSR count). The number of hydrogen-bond donors (Lipinski definition) is 3. The Labute approximate surface area is 280 Å². The Morgan fingerprint density at radius 3 is 2.48 bits per heavy atom. The Morgan fingerprint density at radius 1 is 1.04 bits per heavy atom. The molecule has 2 aromatic carbocycles. The minimum atomic E-state index is -0.695. The van der Waals surface area contributed by atoms with E-state index in [1.54, 1.807) is 36.5 Å². The van der Waals surface area contributed by atoms with Gasteiger partial charge in [-0.15, -0.1) is 0 Å². The molecule has 1 amide bonds. The topological polar surface area (TPSA) is 180 Å². The fraction of sp³-hybridized carbons (Fsp3) is 0.371. The second-order valence-electron chi connectivity index (χ2n) is 11.4. The first kappa shape index (κ1) is 35.6. The maximum Gasteiger partial charge on any atom is 0.324 e. The van der Waals surface area contributed by atoms with Crippen LogP contribution < -0.4 is 21.7 Å². The fourth-order valence-electron chi connectivity index (χ4n) is 4.80. The van der Waals surface area contributed by atoms with Crippen LogP contribution in [-0.2, 0) is 32.7 Å². The predicted octanol–water partition coefficient (Wildman–Crippen LogP) is 4.15. The van der Waals surface area contributed by atoms with Gasteiger partial charge in [0, 0.05) is 36.6 Å². The Kier molecular flexibility index (Phi) is 12.6. The maximum atomic E-state index is 13.7. The number of ether oxygens (including phenoxy) is 2. The Morgan fingerprint density at radius 2 is 1.79 bits per heavy atom. The number of rotatable bonds is 16. The molecule has 13 nitrogen and oxygen atoms in total. The molecule has 2 atom stereocenters. The SMILES string of the molecule is CCCOC(=O)CCN(C(=O)c1ccc2c(c1)nc(CNc1ccc(/C(N)=N/COC(=O)C(N)C(C)CC)cc1)n2C)c1ccccn1. The number of nitrogens with one attached hydrogen (secondary N) is 1. The number of fused-ring (bicyclic) bond motifs is 1. The molecule has 254 valence electrons. The first-order chi connectivity index (χ1) is 23.1. The molecule has 0 aliphatic heterocycles. The van der Waals surface area contributed by atoms with Gasteiger partial charge in [-0.25, -0.2) is 15.0 Å². The van der Waals surface area contributed by atoms with Crippen molar-refractivity contribution in [3.05, 3.63) is 83.8 Å². The summed E-state index contributed by atoms with van der Waals surface area (Å²) >= 11 is 0. The summed E-state index contributed by atoms with van der Waals surface area (Å²) in [4.78, 5) is 52.7. The highest BCUT2D eigenvalue weighted by Gasteiger charge is 2.22. The van der Waals surface area contributed by atoms with E-state index in [-0.39, 0.29) is 43.3 Å². The van der Waals surface area contributed by atoms with Crippen molar-refractivity contribution >= 4 is 46.2 Å². The lowest BCUT2D eigenvalue weighted by Crippen LogP contribution is -2.38. The standard InChI is InChI=1S/C35H44N8O5/c1-5-19-47-31(44)16-18-43(29-9-7-8-17-38-29)34(45)25-12-15-28-27(20-25)41-30(42(28)4)21-39-26-13-10-24(11-14-26)33(37)40-22-48-35(46)32(36)23(3)6-2/h7-15,17,20,23,32,39H,5-6,16,18-19,21-22,36H2,1-4H3,(H2,37,40). The number of amides is 1. The lowest BCUT2D eigenvalue weighted by molar-refractivity contribution is -0.146. The van der Waals surface area contributed by atoms with E-state index < -0.39 is 12.0 Å².